The van der Waals surface area contributed by atoms with Gasteiger partial charge in [-0.05, 0) is 12.8 Å². The first-order valence-electron chi connectivity index (χ1n) is 2.64. The van der Waals surface area contributed by atoms with E-state index in [1.165, 1.54) is 12.8 Å². The Morgan fingerprint density at radius 1 is 1.38 bits per heavy atom. The van der Waals surface area contributed by atoms with Gasteiger partial charge in [-0.3, -0.25) is 0 Å². The molecule has 3 heteroatoms. The van der Waals surface area contributed by atoms with E-state index in [2.05, 4.69) is 20.1 Å². The molecule has 0 atom stereocenters. The van der Waals surface area contributed by atoms with Gasteiger partial charge >= 0.3 is 0 Å². The minimum Gasteiger partial charge on any atom is -0.381 e. The van der Waals surface area contributed by atoms with Crippen molar-refractivity contribution in [1.82, 2.24) is 0 Å². The Hall–Kier alpha value is 0.400. The van der Waals surface area contributed by atoms with Gasteiger partial charge in [-0.15, -0.1) is 0 Å². The maximum absolute atomic E-state index is 4.94. The lowest BCUT2D eigenvalue weighted by molar-refractivity contribution is 0.198. The molecule has 0 unspecified atom stereocenters. The molecule has 0 N–H and O–H groups in total. The van der Waals surface area contributed by atoms with Crippen molar-refractivity contribution in [3.05, 3.63) is 0 Å². The van der Waals surface area contributed by atoms with Gasteiger partial charge in [-0.1, -0.05) is 0 Å². The van der Waals surface area contributed by atoms with Crippen LogP contribution in [-0.4, -0.2) is 20.3 Å². The second-order valence-electron chi connectivity index (χ2n) is 1.47. The van der Waals surface area contributed by atoms with Gasteiger partial charge in [0.15, 0.2) is 0 Å². The summed E-state index contributed by atoms with van der Waals surface area (Å²) in [5.74, 6) is 0. The third-order valence-corrected chi connectivity index (χ3v) is 0.827. The molecule has 2 nitrogen and oxygen atoms in total. The summed E-state index contributed by atoms with van der Waals surface area (Å²) >= 11 is 2.65. The maximum Gasteiger partial charge on any atom is 0.0984 e. The highest BCUT2D eigenvalue weighted by Gasteiger charge is 1.94. The van der Waals surface area contributed by atoms with Crippen molar-refractivity contribution in [2.24, 2.45) is 0 Å². The highest BCUT2D eigenvalue weighted by molar-refractivity contribution is 9.06. The Morgan fingerprint density at radius 2 is 1.75 bits per heavy atom. The molecule has 0 radical (unpaired) electrons. The Morgan fingerprint density at radius 3 is 1.88 bits per heavy atom. The Bertz CT molecular complexity index is 29.8. The molecule has 0 aliphatic carbocycles. The summed E-state index contributed by atoms with van der Waals surface area (Å²) in [6, 6.07) is 0. The minimum atomic E-state index is 1.00. The normalized spacial score (nSPS) is 17.2. The van der Waals surface area contributed by atoms with Crippen LogP contribution in [0.1, 0.15) is 12.8 Å². The van der Waals surface area contributed by atoms with Gasteiger partial charge in [-0.25, -0.2) is 0 Å². The average Bonchev–Trinajstić information content (AvgIpc) is 2.17. The zero-order valence-electron chi connectivity index (χ0n) is 5.02. The van der Waals surface area contributed by atoms with Crippen LogP contribution < -0.4 is 0 Å². The van der Waals surface area contributed by atoms with E-state index in [4.69, 9.17) is 4.74 Å². The van der Waals surface area contributed by atoms with Gasteiger partial charge in [0.2, 0.25) is 0 Å². The SMILES string of the molecule is C1CCOC1.COBr. The molecule has 0 bridgehead atoms. The van der Waals surface area contributed by atoms with E-state index in [-0.39, 0.29) is 0 Å². The van der Waals surface area contributed by atoms with E-state index in [1.54, 1.807) is 7.11 Å². The third-order valence-electron chi connectivity index (χ3n) is 0.827. The second kappa shape index (κ2) is 7.40. The molecule has 0 amide bonds. The highest BCUT2D eigenvalue weighted by atomic mass is 79.9. The first-order chi connectivity index (χ1) is 3.91. The van der Waals surface area contributed by atoms with Crippen LogP contribution in [0.3, 0.4) is 0 Å². The molecule has 8 heavy (non-hydrogen) atoms. The molecule has 1 saturated heterocycles. The summed E-state index contributed by atoms with van der Waals surface area (Å²) in [5.41, 5.74) is 0. The van der Waals surface area contributed by atoms with Crippen molar-refractivity contribution < 1.29 is 8.57 Å². The van der Waals surface area contributed by atoms with Crippen LogP contribution in [0.25, 0.3) is 0 Å². The van der Waals surface area contributed by atoms with Crippen LogP contribution in [0.5, 0.6) is 0 Å². The molecule has 1 heterocycles. The number of hydrogen-bond donors (Lipinski definition) is 0. The Labute approximate surface area is 58.6 Å². The Balaban J connectivity index is 0.000000145. The molecule has 0 saturated carbocycles. The molecule has 1 rings (SSSR count). The fourth-order valence-electron chi connectivity index (χ4n) is 0.510. The topological polar surface area (TPSA) is 18.5 Å². The number of hydrogen-bond acceptors (Lipinski definition) is 2. The van der Waals surface area contributed by atoms with Gasteiger partial charge in [0.1, 0.15) is 0 Å². The summed E-state index contributed by atoms with van der Waals surface area (Å²) in [5, 5.41) is 0. The number of rotatable bonds is 0. The minimum absolute atomic E-state index is 1.00. The quantitative estimate of drug-likeness (QED) is 0.569. The molecule has 1 fully saturated rings. The predicted octanol–water partition coefficient (Wildman–Crippen LogP) is 1.74. The summed E-state index contributed by atoms with van der Waals surface area (Å²) in [7, 11) is 1.54. The van der Waals surface area contributed by atoms with E-state index in [1.807, 2.05) is 0 Å². The average molecular weight is 183 g/mol. The largest absolute Gasteiger partial charge is 0.381 e. The van der Waals surface area contributed by atoms with Crippen molar-refractivity contribution in [2.45, 2.75) is 12.8 Å². The van der Waals surface area contributed by atoms with E-state index < -0.39 is 0 Å². The predicted molar refractivity (Wildman–Crippen MR) is 36.0 cm³/mol. The van der Waals surface area contributed by atoms with Crippen molar-refractivity contribution in [3.63, 3.8) is 0 Å². The molecule has 1 aliphatic rings. The fourth-order valence-corrected chi connectivity index (χ4v) is 0.510. The first-order valence-corrected chi connectivity index (χ1v) is 3.29. The summed E-state index contributed by atoms with van der Waals surface area (Å²) in [6.45, 7) is 2.00. The van der Waals surface area contributed by atoms with Crippen LogP contribution in [0, 0.1) is 0 Å². The van der Waals surface area contributed by atoms with Crippen LogP contribution >= 0.6 is 16.3 Å². The van der Waals surface area contributed by atoms with Crippen molar-refractivity contribution in [3.8, 4) is 0 Å². The molecular formula is C5H11BrO2. The van der Waals surface area contributed by atoms with Gasteiger partial charge in [0, 0.05) is 13.2 Å². The van der Waals surface area contributed by atoms with E-state index in [0.717, 1.165) is 13.2 Å². The van der Waals surface area contributed by atoms with Gasteiger partial charge < -0.3 is 8.57 Å². The smallest absolute Gasteiger partial charge is 0.0984 e. The fraction of sp³-hybridized carbons (Fsp3) is 1.00. The lowest BCUT2D eigenvalue weighted by atomic mass is 10.4. The van der Waals surface area contributed by atoms with Crippen LogP contribution in [0.4, 0.5) is 0 Å². The lowest BCUT2D eigenvalue weighted by Crippen LogP contribution is -1.74. The summed E-state index contributed by atoms with van der Waals surface area (Å²) in [4.78, 5) is 0. The number of halogens is 1. The second-order valence-corrected chi connectivity index (χ2v) is 2.12. The molecule has 0 aromatic heterocycles. The maximum atomic E-state index is 4.94. The summed E-state index contributed by atoms with van der Waals surface area (Å²) < 4.78 is 9.01. The monoisotopic (exact) mass is 182 g/mol. The van der Waals surface area contributed by atoms with Crippen LogP contribution in [0.2, 0.25) is 0 Å². The zero-order chi connectivity index (χ0) is 6.24. The standard InChI is InChI=1S/C4H8O.CH3BrO/c1-2-4-5-3-1;1-3-2/h1-4H2;1H3. The molecule has 0 spiro atoms. The molecule has 50 valence electrons. The first kappa shape index (κ1) is 8.40. The highest BCUT2D eigenvalue weighted by Crippen LogP contribution is 1.98. The third kappa shape index (κ3) is 6.40. The molecule has 0 aromatic rings. The van der Waals surface area contributed by atoms with Gasteiger partial charge in [0.05, 0.1) is 23.4 Å². The lowest BCUT2D eigenvalue weighted by Gasteiger charge is -1.76. The molecule has 0 aromatic carbocycles. The van der Waals surface area contributed by atoms with Gasteiger partial charge in [0.25, 0.3) is 0 Å². The summed E-state index contributed by atoms with van der Waals surface area (Å²) in [6.07, 6.45) is 2.56. The molecular weight excluding hydrogens is 172 g/mol. The zero-order valence-corrected chi connectivity index (χ0v) is 6.61. The van der Waals surface area contributed by atoms with Crippen LogP contribution in [-0.2, 0) is 8.57 Å². The van der Waals surface area contributed by atoms with Crippen molar-refractivity contribution >= 4 is 16.3 Å². The van der Waals surface area contributed by atoms with Crippen molar-refractivity contribution in [1.29, 1.82) is 0 Å². The van der Waals surface area contributed by atoms with Crippen molar-refractivity contribution in [2.75, 3.05) is 20.3 Å². The van der Waals surface area contributed by atoms with E-state index in [0.29, 0.717) is 0 Å². The Kier molecular flexibility index (Phi) is 7.77. The van der Waals surface area contributed by atoms with Gasteiger partial charge in [-0.2, -0.15) is 0 Å². The van der Waals surface area contributed by atoms with E-state index in [9.17, 15) is 0 Å². The number of ether oxygens (including phenoxy) is 1. The van der Waals surface area contributed by atoms with E-state index >= 15 is 0 Å². The molecule has 1 aliphatic heterocycles. The van der Waals surface area contributed by atoms with Crippen LogP contribution in [0.15, 0.2) is 0 Å².